The number of esters is 1. The number of methoxy groups -OCH3 is 1. The molecule has 1 heterocycles. The summed E-state index contributed by atoms with van der Waals surface area (Å²) < 4.78 is 36.4. The van der Waals surface area contributed by atoms with E-state index in [2.05, 4.69) is 0 Å². The first-order valence-corrected chi connectivity index (χ1v) is 10.6. The van der Waals surface area contributed by atoms with Crippen LogP contribution in [0.5, 0.6) is 0 Å². The molecular weight excluding hydrogens is 418 g/mol. The van der Waals surface area contributed by atoms with Crippen LogP contribution in [0.3, 0.4) is 0 Å². The Labute approximate surface area is 186 Å². The molecule has 0 aliphatic carbocycles. The van der Waals surface area contributed by atoms with Crippen LogP contribution in [0, 0.1) is 0 Å². The Hall–Kier alpha value is -3.00. The third-order valence-electron chi connectivity index (χ3n) is 5.60. The Balaban J connectivity index is 1.84. The SMILES string of the molecule is CCc1cc(C2CN(CC(F)F)CCN2C(=O)OCc2ccccc2)ccc1C(=O)OC. The number of halogens is 2. The van der Waals surface area contributed by atoms with Crippen molar-refractivity contribution in [3.05, 3.63) is 70.8 Å². The van der Waals surface area contributed by atoms with Gasteiger partial charge < -0.3 is 9.47 Å². The number of hydrogen-bond donors (Lipinski definition) is 0. The molecule has 1 unspecified atom stereocenters. The van der Waals surface area contributed by atoms with Crippen molar-refractivity contribution in [2.75, 3.05) is 33.3 Å². The van der Waals surface area contributed by atoms with Crippen LogP contribution in [0.4, 0.5) is 13.6 Å². The van der Waals surface area contributed by atoms with Gasteiger partial charge in [0, 0.05) is 19.6 Å². The summed E-state index contributed by atoms with van der Waals surface area (Å²) >= 11 is 0. The van der Waals surface area contributed by atoms with Crippen molar-refractivity contribution in [2.24, 2.45) is 0 Å². The lowest BCUT2D eigenvalue weighted by Gasteiger charge is -2.41. The lowest BCUT2D eigenvalue weighted by Crippen LogP contribution is -2.51. The molecule has 2 aromatic carbocycles. The molecule has 1 aliphatic heterocycles. The van der Waals surface area contributed by atoms with Crippen molar-refractivity contribution in [3.63, 3.8) is 0 Å². The van der Waals surface area contributed by atoms with E-state index in [1.54, 1.807) is 21.9 Å². The van der Waals surface area contributed by atoms with E-state index in [1.807, 2.05) is 43.3 Å². The number of carbonyl (C=O) groups is 2. The van der Waals surface area contributed by atoms with E-state index >= 15 is 0 Å². The van der Waals surface area contributed by atoms with Crippen LogP contribution in [0.25, 0.3) is 0 Å². The van der Waals surface area contributed by atoms with Gasteiger partial charge in [0.2, 0.25) is 0 Å². The summed E-state index contributed by atoms with van der Waals surface area (Å²) in [5, 5.41) is 0. The number of hydrogen-bond acceptors (Lipinski definition) is 5. The first-order chi connectivity index (χ1) is 15.4. The zero-order valence-electron chi connectivity index (χ0n) is 18.3. The van der Waals surface area contributed by atoms with Gasteiger partial charge in [0.15, 0.2) is 0 Å². The zero-order valence-corrected chi connectivity index (χ0v) is 18.3. The Kier molecular flexibility index (Phi) is 8.16. The summed E-state index contributed by atoms with van der Waals surface area (Å²) in [6, 6.07) is 14.1. The van der Waals surface area contributed by atoms with E-state index in [1.165, 1.54) is 7.11 Å². The summed E-state index contributed by atoms with van der Waals surface area (Å²) in [5.74, 6) is -0.435. The number of alkyl halides is 2. The largest absolute Gasteiger partial charge is 0.465 e. The minimum Gasteiger partial charge on any atom is -0.465 e. The lowest BCUT2D eigenvalue weighted by atomic mass is 9.96. The number of ether oxygens (including phenoxy) is 2. The highest BCUT2D eigenvalue weighted by atomic mass is 19.3. The van der Waals surface area contributed by atoms with Crippen LogP contribution in [0.2, 0.25) is 0 Å². The number of benzene rings is 2. The molecule has 172 valence electrons. The zero-order chi connectivity index (χ0) is 23.1. The summed E-state index contributed by atoms with van der Waals surface area (Å²) in [6.07, 6.45) is -2.37. The van der Waals surface area contributed by atoms with Crippen LogP contribution >= 0.6 is 0 Å². The van der Waals surface area contributed by atoms with Gasteiger partial charge in [-0.2, -0.15) is 0 Å². The molecule has 0 aromatic heterocycles. The van der Waals surface area contributed by atoms with E-state index in [0.29, 0.717) is 18.5 Å². The van der Waals surface area contributed by atoms with Gasteiger partial charge in [0.1, 0.15) is 6.61 Å². The summed E-state index contributed by atoms with van der Waals surface area (Å²) in [4.78, 5) is 28.2. The first-order valence-electron chi connectivity index (χ1n) is 10.6. The summed E-state index contributed by atoms with van der Waals surface area (Å²) in [6.45, 7) is 2.55. The molecule has 32 heavy (non-hydrogen) atoms. The third kappa shape index (κ3) is 5.82. The second kappa shape index (κ2) is 11.0. The summed E-state index contributed by atoms with van der Waals surface area (Å²) in [7, 11) is 1.32. The van der Waals surface area contributed by atoms with Crippen molar-refractivity contribution in [3.8, 4) is 0 Å². The van der Waals surface area contributed by atoms with Gasteiger partial charge in [-0.05, 0) is 29.2 Å². The Morgan fingerprint density at radius 2 is 1.88 bits per heavy atom. The van der Waals surface area contributed by atoms with Crippen molar-refractivity contribution >= 4 is 12.1 Å². The number of carbonyl (C=O) groups excluding carboxylic acids is 2. The molecule has 6 nitrogen and oxygen atoms in total. The second-order valence-electron chi connectivity index (χ2n) is 7.66. The molecule has 1 aliphatic rings. The van der Waals surface area contributed by atoms with Crippen LogP contribution in [0.15, 0.2) is 48.5 Å². The molecule has 1 saturated heterocycles. The number of aryl methyl sites for hydroxylation is 1. The molecule has 0 bridgehead atoms. The van der Waals surface area contributed by atoms with Crippen molar-refractivity contribution in [2.45, 2.75) is 32.4 Å². The van der Waals surface area contributed by atoms with Crippen LogP contribution in [-0.4, -0.2) is 61.6 Å². The maximum absolute atomic E-state index is 13.0. The lowest BCUT2D eigenvalue weighted by molar-refractivity contribution is 0.0188. The van der Waals surface area contributed by atoms with E-state index in [9.17, 15) is 18.4 Å². The Morgan fingerprint density at radius 1 is 1.12 bits per heavy atom. The highest BCUT2D eigenvalue weighted by molar-refractivity contribution is 5.91. The Bertz CT molecular complexity index is 923. The third-order valence-corrected chi connectivity index (χ3v) is 5.60. The topological polar surface area (TPSA) is 59.1 Å². The normalized spacial score (nSPS) is 16.8. The molecular formula is C24H28F2N2O4. The predicted octanol–water partition coefficient (Wildman–Crippen LogP) is 4.30. The molecule has 1 fully saturated rings. The van der Waals surface area contributed by atoms with Gasteiger partial charge in [-0.1, -0.05) is 49.4 Å². The van der Waals surface area contributed by atoms with E-state index in [-0.39, 0.29) is 26.2 Å². The maximum Gasteiger partial charge on any atom is 0.410 e. The quantitative estimate of drug-likeness (QED) is 0.594. The molecule has 0 N–H and O–H groups in total. The molecule has 0 spiro atoms. The summed E-state index contributed by atoms with van der Waals surface area (Å²) in [5.41, 5.74) is 2.87. The fourth-order valence-electron chi connectivity index (χ4n) is 3.93. The molecule has 1 amide bonds. The standard InChI is InChI=1S/C24H28F2N2O4/c1-3-18-13-19(9-10-20(18)23(29)31-2)21-14-27(15-22(25)26)11-12-28(21)24(30)32-16-17-7-5-4-6-8-17/h4-10,13,21-22H,3,11-12,14-16H2,1-2H3. The number of amides is 1. The predicted molar refractivity (Wildman–Crippen MR) is 116 cm³/mol. The fraction of sp³-hybridized carbons (Fsp3) is 0.417. The monoisotopic (exact) mass is 446 g/mol. The van der Waals surface area contributed by atoms with Crippen molar-refractivity contribution in [1.82, 2.24) is 9.80 Å². The average molecular weight is 446 g/mol. The van der Waals surface area contributed by atoms with E-state index in [4.69, 9.17) is 9.47 Å². The minimum atomic E-state index is -2.46. The van der Waals surface area contributed by atoms with Crippen LogP contribution in [-0.2, 0) is 22.5 Å². The number of nitrogens with zero attached hydrogens (tertiary/aromatic N) is 2. The number of rotatable bonds is 7. The fourth-order valence-corrected chi connectivity index (χ4v) is 3.93. The van der Waals surface area contributed by atoms with Gasteiger partial charge in [0.25, 0.3) is 6.43 Å². The number of piperazine rings is 1. The van der Waals surface area contributed by atoms with Gasteiger partial charge in [-0.15, -0.1) is 0 Å². The van der Waals surface area contributed by atoms with Crippen LogP contribution < -0.4 is 0 Å². The Morgan fingerprint density at radius 3 is 2.53 bits per heavy atom. The van der Waals surface area contributed by atoms with Gasteiger partial charge >= 0.3 is 12.1 Å². The van der Waals surface area contributed by atoms with Gasteiger partial charge in [-0.3, -0.25) is 9.80 Å². The molecule has 1 atom stereocenters. The molecule has 0 saturated carbocycles. The molecule has 3 rings (SSSR count). The van der Waals surface area contributed by atoms with E-state index in [0.717, 1.165) is 16.7 Å². The maximum atomic E-state index is 13.0. The van der Waals surface area contributed by atoms with Gasteiger partial charge in [-0.25, -0.2) is 18.4 Å². The van der Waals surface area contributed by atoms with E-state index < -0.39 is 24.5 Å². The molecule has 8 heteroatoms. The second-order valence-corrected chi connectivity index (χ2v) is 7.66. The highest BCUT2D eigenvalue weighted by Gasteiger charge is 2.34. The van der Waals surface area contributed by atoms with Crippen molar-refractivity contribution < 1.29 is 27.8 Å². The average Bonchev–Trinajstić information content (AvgIpc) is 2.81. The van der Waals surface area contributed by atoms with Gasteiger partial charge in [0.05, 0.1) is 25.3 Å². The molecule has 2 aromatic rings. The first kappa shape index (κ1) is 23.7. The highest BCUT2D eigenvalue weighted by Crippen LogP contribution is 2.29. The van der Waals surface area contributed by atoms with Crippen LogP contribution in [0.1, 0.15) is 40.0 Å². The minimum absolute atomic E-state index is 0.130. The van der Waals surface area contributed by atoms with Crippen molar-refractivity contribution in [1.29, 1.82) is 0 Å². The smallest absolute Gasteiger partial charge is 0.410 e. The molecule has 0 radical (unpaired) electrons.